The Balaban J connectivity index is 0.000000648. The summed E-state index contributed by atoms with van der Waals surface area (Å²) in [7, 11) is 0. The molecule has 0 spiro atoms. The summed E-state index contributed by atoms with van der Waals surface area (Å²) in [5, 5.41) is 2.01. The molecular weight excluding hydrogens is 486 g/mol. The van der Waals surface area contributed by atoms with Crippen molar-refractivity contribution in [1.29, 1.82) is 0 Å². The predicted molar refractivity (Wildman–Crippen MR) is 156 cm³/mol. The summed E-state index contributed by atoms with van der Waals surface area (Å²) in [6.45, 7) is 11.7. The summed E-state index contributed by atoms with van der Waals surface area (Å²) in [6.07, 6.45) is 8.52. The van der Waals surface area contributed by atoms with E-state index in [9.17, 15) is 4.79 Å². The molecule has 1 amide bonds. The number of hydrogen-bond acceptors (Lipinski definition) is 5. The van der Waals surface area contributed by atoms with E-state index in [0.29, 0.717) is 30.9 Å². The van der Waals surface area contributed by atoms with Crippen LogP contribution < -0.4 is 9.47 Å². The lowest BCUT2D eigenvalue weighted by atomic mass is 9.93. The van der Waals surface area contributed by atoms with Gasteiger partial charge in [-0.25, -0.2) is 0 Å². The zero-order valence-corrected chi connectivity index (χ0v) is 22.6. The Hall–Kier alpha value is -4.45. The van der Waals surface area contributed by atoms with Crippen molar-refractivity contribution in [2.45, 2.75) is 45.4 Å². The lowest BCUT2D eigenvalue weighted by Crippen LogP contribution is -2.47. The van der Waals surface area contributed by atoms with E-state index in [1.54, 1.807) is 12.4 Å². The topological polar surface area (TPSA) is 64.6 Å². The molecule has 1 aliphatic heterocycles. The fraction of sp³-hybridized carbons (Fsp3) is 0.242. The predicted octanol–water partition coefficient (Wildman–Crippen LogP) is 6.81. The molecule has 3 aromatic carbocycles. The number of hydrogen-bond donors (Lipinski definition) is 0. The standard InChI is InChI=1S/C28H27N3O3.C5H8/c1-19(2)34-24-15-29-28(30-16-24)33-18-23-14-21-9-3-4-10-22(21)17-31(23)27(32)26-13-7-11-20-8-5-6-12-25(20)26;1-3-5-4-2/h3-13,15-16,19,23H,14,17-18H2,1-2H3;3-4H,1-2,5H2. The fourth-order valence-electron chi connectivity index (χ4n) is 4.54. The van der Waals surface area contributed by atoms with Crippen molar-refractivity contribution < 1.29 is 14.3 Å². The van der Waals surface area contributed by atoms with Gasteiger partial charge >= 0.3 is 6.01 Å². The van der Waals surface area contributed by atoms with Crippen molar-refractivity contribution >= 4 is 16.7 Å². The Kier molecular flexibility index (Phi) is 9.46. The highest BCUT2D eigenvalue weighted by molar-refractivity contribution is 6.07. The molecule has 2 heterocycles. The third-order valence-corrected chi connectivity index (χ3v) is 6.35. The number of ether oxygens (including phenoxy) is 2. The molecule has 6 heteroatoms. The van der Waals surface area contributed by atoms with Crippen LogP contribution in [0.3, 0.4) is 0 Å². The van der Waals surface area contributed by atoms with Crippen LogP contribution in [0.15, 0.2) is 104 Å². The maximum atomic E-state index is 13.8. The minimum absolute atomic E-state index is 0.00139. The summed E-state index contributed by atoms with van der Waals surface area (Å²) in [4.78, 5) is 24.3. The summed E-state index contributed by atoms with van der Waals surface area (Å²) >= 11 is 0. The van der Waals surface area contributed by atoms with Crippen molar-refractivity contribution in [3.63, 3.8) is 0 Å². The van der Waals surface area contributed by atoms with Gasteiger partial charge in [0, 0.05) is 12.1 Å². The summed E-state index contributed by atoms with van der Waals surface area (Å²) in [5.41, 5.74) is 3.10. The van der Waals surface area contributed by atoms with Gasteiger partial charge < -0.3 is 14.4 Å². The minimum atomic E-state index is -0.142. The van der Waals surface area contributed by atoms with E-state index in [-0.39, 0.29) is 24.1 Å². The van der Waals surface area contributed by atoms with Gasteiger partial charge in [-0.05, 0) is 54.7 Å². The normalized spacial score (nSPS) is 14.1. The third kappa shape index (κ3) is 7.11. The minimum Gasteiger partial charge on any atom is -0.488 e. The second kappa shape index (κ2) is 13.4. The van der Waals surface area contributed by atoms with Gasteiger partial charge in [0.1, 0.15) is 6.61 Å². The van der Waals surface area contributed by atoms with E-state index < -0.39 is 0 Å². The molecule has 0 saturated heterocycles. The highest BCUT2D eigenvalue weighted by Crippen LogP contribution is 2.28. The highest BCUT2D eigenvalue weighted by Gasteiger charge is 2.31. The largest absolute Gasteiger partial charge is 0.488 e. The van der Waals surface area contributed by atoms with E-state index in [1.165, 1.54) is 11.1 Å². The number of carbonyl (C=O) groups excluding carboxylic acids is 1. The first-order valence-electron chi connectivity index (χ1n) is 13.2. The van der Waals surface area contributed by atoms with Gasteiger partial charge in [0.15, 0.2) is 5.75 Å². The zero-order valence-electron chi connectivity index (χ0n) is 22.6. The number of nitrogens with zero attached hydrogens (tertiary/aromatic N) is 3. The average molecular weight is 522 g/mol. The first-order valence-corrected chi connectivity index (χ1v) is 13.2. The van der Waals surface area contributed by atoms with Gasteiger partial charge in [-0.2, -0.15) is 9.97 Å². The maximum absolute atomic E-state index is 13.8. The average Bonchev–Trinajstić information content (AvgIpc) is 2.96. The van der Waals surface area contributed by atoms with Crippen molar-refractivity contribution in [2.24, 2.45) is 0 Å². The highest BCUT2D eigenvalue weighted by atomic mass is 16.5. The Bertz CT molecular complexity index is 1400. The zero-order chi connectivity index (χ0) is 27.6. The van der Waals surface area contributed by atoms with Crippen LogP contribution in [0, 0.1) is 0 Å². The molecule has 1 aliphatic rings. The van der Waals surface area contributed by atoms with Crippen LogP contribution in [0.2, 0.25) is 0 Å². The van der Waals surface area contributed by atoms with E-state index in [4.69, 9.17) is 9.47 Å². The van der Waals surface area contributed by atoms with Crippen LogP contribution in [0.1, 0.15) is 41.8 Å². The molecule has 200 valence electrons. The fourth-order valence-corrected chi connectivity index (χ4v) is 4.54. The molecule has 1 unspecified atom stereocenters. The molecule has 6 nitrogen and oxygen atoms in total. The van der Waals surface area contributed by atoms with Crippen LogP contribution in [0.4, 0.5) is 0 Å². The summed E-state index contributed by atoms with van der Waals surface area (Å²) in [5.74, 6) is 0.600. The van der Waals surface area contributed by atoms with E-state index in [2.05, 4.69) is 35.3 Å². The van der Waals surface area contributed by atoms with Gasteiger partial charge in [0.05, 0.1) is 24.5 Å². The first-order chi connectivity index (χ1) is 19.0. The molecule has 39 heavy (non-hydrogen) atoms. The quantitative estimate of drug-likeness (QED) is 0.238. The number of fused-ring (bicyclic) bond motifs is 2. The Morgan fingerprint density at radius 1 is 0.974 bits per heavy atom. The molecule has 0 fully saturated rings. The molecule has 0 saturated carbocycles. The number of benzene rings is 3. The SMILES string of the molecule is C=CCC=C.CC(C)Oc1cnc(OCC2Cc3ccccc3CN2C(=O)c2cccc3ccccc23)nc1. The van der Waals surface area contributed by atoms with Crippen LogP contribution in [-0.4, -0.2) is 39.5 Å². The van der Waals surface area contributed by atoms with Crippen LogP contribution in [0.25, 0.3) is 10.8 Å². The van der Waals surface area contributed by atoms with Gasteiger partial charge in [0.25, 0.3) is 5.91 Å². The number of rotatable bonds is 8. The van der Waals surface area contributed by atoms with Gasteiger partial charge in [-0.15, -0.1) is 13.2 Å². The van der Waals surface area contributed by atoms with Crippen molar-refractivity contribution in [1.82, 2.24) is 14.9 Å². The second-order valence-electron chi connectivity index (χ2n) is 9.58. The molecule has 0 aliphatic carbocycles. The van der Waals surface area contributed by atoms with Crippen LogP contribution >= 0.6 is 0 Å². The second-order valence-corrected chi connectivity index (χ2v) is 9.58. The van der Waals surface area contributed by atoms with Gasteiger partial charge in [-0.1, -0.05) is 72.8 Å². The third-order valence-electron chi connectivity index (χ3n) is 6.35. The Morgan fingerprint density at radius 2 is 1.64 bits per heavy atom. The van der Waals surface area contributed by atoms with Crippen molar-refractivity contribution in [3.05, 3.63) is 121 Å². The van der Waals surface area contributed by atoms with Gasteiger partial charge in [0.2, 0.25) is 0 Å². The van der Waals surface area contributed by atoms with E-state index in [0.717, 1.165) is 17.2 Å². The number of carbonyl (C=O) groups is 1. The smallest absolute Gasteiger partial charge is 0.316 e. The number of allylic oxidation sites excluding steroid dienone is 2. The summed E-state index contributed by atoms with van der Waals surface area (Å²) < 4.78 is 11.6. The molecule has 5 rings (SSSR count). The molecule has 1 atom stereocenters. The molecule has 0 radical (unpaired) electrons. The molecule has 0 bridgehead atoms. The number of amides is 1. The maximum Gasteiger partial charge on any atom is 0.316 e. The van der Waals surface area contributed by atoms with Crippen molar-refractivity contribution in [3.8, 4) is 11.8 Å². The van der Waals surface area contributed by atoms with Crippen molar-refractivity contribution in [2.75, 3.05) is 6.61 Å². The first kappa shape index (κ1) is 27.6. The van der Waals surface area contributed by atoms with E-state index in [1.807, 2.05) is 85.5 Å². The molecule has 1 aromatic heterocycles. The van der Waals surface area contributed by atoms with Crippen LogP contribution in [0.5, 0.6) is 11.8 Å². The lowest BCUT2D eigenvalue weighted by molar-refractivity contribution is 0.0560. The molecule has 4 aromatic rings. The monoisotopic (exact) mass is 521 g/mol. The number of aromatic nitrogens is 2. The molecule has 0 N–H and O–H groups in total. The van der Waals surface area contributed by atoms with Gasteiger partial charge in [-0.3, -0.25) is 4.79 Å². The summed E-state index contributed by atoms with van der Waals surface area (Å²) in [6, 6.07) is 22.3. The Morgan fingerprint density at radius 3 is 2.33 bits per heavy atom. The Labute approximate surface area is 230 Å². The molecular formula is C33H35N3O3. The van der Waals surface area contributed by atoms with E-state index >= 15 is 0 Å². The van der Waals surface area contributed by atoms with Crippen LogP contribution in [-0.2, 0) is 13.0 Å². The lowest BCUT2D eigenvalue weighted by Gasteiger charge is -2.37.